The van der Waals surface area contributed by atoms with E-state index in [9.17, 15) is 0 Å². The Hall–Kier alpha value is -1.42. The van der Waals surface area contributed by atoms with E-state index < -0.39 is 0 Å². The number of fused-ring (bicyclic) bond motifs is 1. The molecule has 4 nitrogen and oxygen atoms in total. The molecule has 2 heterocycles. The third kappa shape index (κ3) is 1.99. The SMILES string of the molecule is CNCc1cnc2nc(C(C)C)cn2c1. The van der Waals surface area contributed by atoms with Crippen LogP contribution in [0.25, 0.3) is 5.78 Å². The first-order valence-electron chi connectivity index (χ1n) is 5.19. The quantitative estimate of drug-likeness (QED) is 0.825. The highest BCUT2D eigenvalue weighted by molar-refractivity contribution is 5.32. The third-order valence-corrected chi connectivity index (χ3v) is 2.35. The summed E-state index contributed by atoms with van der Waals surface area (Å²) in [5.41, 5.74) is 2.25. The molecular formula is C11H16N4. The molecule has 80 valence electrons. The Morgan fingerprint density at radius 2 is 2.20 bits per heavy atom. The van der Waals surface area contributed by atoms with Crippen LogP contribution in [0.1, 0.15) is 31.0 Å². The molecular weight excluding hydrogens is 188 g/mol. The lowest BCUT2D eigenvalue weighted by Gasteiger charge is -1.99. The van der Waals surface area contributed by atoms with Crippen molar-refractivity contribution >= 4 is 5.78 Å². The Morgan fingerprint density at radius 3 is 2.87 bits per heavy atom. The van der Waals surface area contributed by atoms with Gasteiger partial charge in [-0.15, -0.1) is 0 Å². The molecule has 0 spiro atoms. The fourth-order valence-electron chi connectivity index (χ4n) is 1.52. The molecule has 0 saturated carbocycles. The number of hydrogen-bond acceptors (Lipinski definition) is 3. The van der Waals surface area contributed by atoms with E-state index in [0.717, 1.165) is 23.6 Å². The number of aromatic nitrogens is 3. The topological polar surface area (TPSA) is 42.2 Å². The number of imidazole rings is 1. The molecule has 0 radical (unpaired) electrons. The normalized spacial score (nSPS) is 11.5. The van der Waals surface area contributed by atoms with Gasteiger partial charge in [0.2, 0.25) is 5.78 Å². The number of nitrogens with zero attached hydrogens (tertiary/aromatic N) is 3. The molecule has 2 aromatic heterocycles. The van der Waals surface area contributed by atoms with Gasteiger partial charge in [0, 0.05) is 30.7 Å². The van der Waals surface area contributed by atoms with Gasteiger partial charge in [-0.2, -0.15) is 0 Å². The van der Waals surface area contributed by atoms with Gasteiger partial charge in [-0.05, 0) is 13.0 Å². The first-order chi connectivity index (χ1) is 7.20. The predicted octanol–water partition coefficient (Wildman–Crippen LogP) is 1.57. The minimum atomic E-state index is 0.444. The molecule has 0 atom stereocenters. The second-order valence-electron chi connectivity index (χ2n) is 4.02. The third-order valence-electron chi connectivity index (χ3n) is 2.35. The van der Waals surface area contributed by atoms with E-state index in [-0.39, 0.29) is 0 Å². The zero-order valence-electron chi connectivity index (χ0n) is 9.36. The van der Waals surface area contributed by atoms with E-state index in [1.807, 2.05) is 23.8 Å². The van der Waals surface area contributed by atoms with Crippen LogP contribution in [-0.4, -0.2) is 21.4 Å². The second kappa shape index (κ2) is 3.98. The first-order valence-corrected chi connectivity index (χ1v) is 5.19. The Morgan fingerprint density at radius 1 is 1.40 bits per heavy atom. The molecule has 0 bridgehead atoms. The summed E-state index contributed by atoms with van der Waals surface area (Å²) >= 11 is 0. The highest BCUT2D eigenvalue weighted by atomic mass is 15.1. The van der Waals surface area contributed by atoms with Gasteiger partial charge >= 0.3 is 0 Å². The van der Waals surface area contributed by atoms with E-state index in [4.69, 9.17) is 0 Å². The molecule has 0 aliphatic rings. The molecule has 0 saturated heterocycles. The fraction of sp³-hybridized carbons (Fsp3) is 0.455. The molecule has 0 aliphatic carbocycles. The summed E-state index contributed by atoms with van der Waals surface area (Å²) in [6.45, 7) is 5.10. The van der Waals surface area contributed by atoms with Gasteiger partial charge in [-0.25, -0.2) is 9.97 Å². The van der Waals surface area contributed by atoms with Crippen molar-refractivity contribution in [1.82, 2.24) is 19.7 Å². The lowest BCUT2D eigenvalue weighted by atomic mass is 10.2. The summed E-state index contributed by atoms with van der Waals surface area (Å²) in [6, 6.07) is 0. The van der Waals surface area contributed by atoms with Gasteiger partial charge in [-0.1, -0.05) is 13.8 Å². The van der Waals surface area contributed by atoms with Crippen LogP contribution in [0, 0.1) is 0 Å². The van der Waals surface area contributed by atoms with E-state index in [0.29, 0.717) is 5.92 Å². The van der Waals surface area contributed by atoms with Crippen LogP contribution in [0.3, 0.4) is 0 Å². The lowest BCUT2D eigenvalue weighted by Crippen LogP contribution is -2.06. The predicted molar refractivity (Wildman–Crippen MR) is 59.8 cm³/mol. The maximum Gasteiger partial charge on any atom is 0.233 e. The summed E-state index contributed by atoms with van der Waals surface area (Å²) in [6.07, 6.45) is 5.98. The molecule has 0 amide bonds. The van der Waals surface area contributed by atoms with Crippen LogP contribution in [0.15, 0.2) is 18.6 Å². The van der Waals surface area contributed by atoms with Crippen molar-refractivity contribution in [3.8, 4) is 0 Å². The van der Waals surface area contributed by atoms with E-state index in [1.54, 1.807) is 0 Å². The molecule has 2 rings (SSSR count). The molecule has 0 unspecified atom stereocenters. The highest BCUT2D eigenvalue weighted by Gasteiger charge is 2.06. The van der Waals surface area contributed by atoms with Crippen molar-refractivity contribution in [3.63, 3.8) is 0 Å². The van der Waals surface area contributed by atoms with Gasteiger partial charge in [-0.3, -0.25) is 4.40 Å². The summed E-state index contributed by atoms with van der Waals surface area (Å²) in [7, 11) is 1.93. The zero-order valence-corrected chi connectivity index (χ0v) is 9.36. The Labute approximate surface area is 89.4 Å². The zero-order chi connectivity index (χ0) is 10.8. The lowest BCUT2D eigenvalue weighted by molar-refractivity contribution is 0.804. The van der Waals surface area contributed by atoms with Crippen molar-refractivity contribution < 1.29 is 0 Å². The average Bonchev–Trinajstić information content (AvgIpc) is 2.61. The van der Waals surface area contributed by atoms with Crippen LogP contribution in [-0.2, 0) is 6.54 Å². The van der Waals surface area contributed by atoms with Crippen LogP contribution in [0.5, 0.6) is 0 Å². The molecule has 0 fully saturated rings. The maximum absolute atomic E-state index is 4.44. The fourth-order valence-corrected chi connectivity index (χ4v) is 1.52. The largest absolute Gasteiger partial charge is 0.316 e. The van der Waals surface area contributed by atoms with Crippen molar-refractivity contribution in [2.75, 3.05) is 7.05 Å². The summed E-state index contributed by atoms with van der Waals surface area (Å²) < 4.78 is 1.99. The Bertz CT molecular complexity index is 459. The molecule has 15 heavy (non-hydrogen) atoms. The number of rotatable bonds is 3. The van der Waals surface area contributed by atoms with E-state index in [1.165, 1.54) is 0 Å². The molecule has 0 aliphatic heterocycles. The highest BCUT2D eigenvalue weighted by Crippen LogP contribution is 2.13. The van der Waals surface area contributed by atoms with Crippen molar-refractivity contribution in [2.45, 2.75) is 26.3 Å². The average molecular weight is 204 g/mol. The monoisotopic (exact) mass is 204 g/mol. The van der Waals surface area contributed by atoms with Crippen LogP contribution in [0.2, 0.25) is 0 Å². The van der Waals surface area contributed by atoms with Crippen molar-refractivity contribution in [1.29, 1.82) is 0 Å². The van der Waals surface area contributed by atoms with Gasteiger partial charge in [0.05, 0.1) is 5.69 Å². The molecule has 4 heteroatoms. The standard InChI is InChI=1S/C11H16N4/c1-8(2)10-7-15-6-9(4-12-3)5-13-11(15)14-10/h5-8,12H,4H2,1-3H3. The smallest absolute Gasteiger partial charge is 0.233 e. The van der Waals surface area contributed by atoms with Crippen molar-refractivity contribution in [3.05, 3.63) is 29.8 Å². The van der Waals surface area contributed by atoms with E-state index in [2.05, 4.69) is 35.3 Å². The molecule has 1 N–H and O–H groups in total. The minimum Gasteiger partial charge on any atom is -0.316 e. The minimum absolute atomic E-state index is 0.444. The summed E-state index contributed by atoms with van der Waals surface area (Å²) in [5, 5.41) is 3.10. The van der Waals surface area contributed by atoms with E-state index >= 15 is 0 Å². The Kier molecular flexibility index (Phi) is 2.68. The number of nitrogens with one attached hydrogen (secondary N) is 1. The van der Waals surface area contributed by atoms with Crippen LogP contribution >= 0.6 is 0 Å². The number of hydrogen-bond donors (Lipinski definition) is 1. The summed E-state index contributed by atoms with van der Waals surface area (Å²) in [4.78, 5) is 8.76. The summed E-state index contributed by atoms with van der Waals surface area (Å²) in [5.74, 6) is 1.22. The van der Waals surface area contributed by atoms with Gasteiger partial charge in [0.25, 0.3) is 0 Å². The first kappa shape index (κ1) is 10.1. The van der Waals surface area contributed by atoms with Crippen LogP contribution < -0.4 is 5.32 Å². The van der Waals surface area contributed by atoms with Crippen LogP contribution in [0.4, 0.5) is 0 Å². The van der Waals surface area contributed by atoms with Gasteiger partial charge < -0.3 is 5.32 Å². The van der Waals surface area contributed by atoms with Crippen molar-refractivity contribution in [2.24, 2.45) is 0 Å². The molecule has 0 aromatic carbocycles. The maximum atomic E-state index is 4.44. The second-order valence-corrected chi connectivity index (χ2v) is 4.02. The Balaban J connectivity index is 2.43. The van der Waals surface area contributed by atoms with Gasteiger partial charge in [0.15, 0.2) is 0 Å². The molecule has 2 aromatic rings. The van der Waals surface area contributed by atoms with Gasteiger partial charge in [0.1, 0.15) is 0 Å².